The predicted octanol–water partition coefficient (Wildman–Crippen LogP) is -1.54. The van der Waals surface area contributed by atoms with Gasteiger partial charge in [0.15, 0.2) is 15.9 Å². The van der Waals surface area contributed by atoms with Gasteiger partial charge in [0.1, 0.15) is 4.75 Å². The summed E-state index contributed by atoms with van der Waals surface area (Å²) in [6.45, 7) is 2.08. The number of ether oxygens (including phenoxy) is 1. The highest BCUT2D eigenvalue weighted by molar-refractivity contribution is 7.92. The van der Waals surface area contributed by atoms with E-state index in [-0.39, 0.29) is 0 Å². The molecule has 0 aliphatic rings. The van der Waals surface area contributed by atoms with Gasteiger partial charge in [-0.25, -0.2) is 13.2 Å². The van der Waals surface area contributed by atoms with E-state index < -0.39 is 39.1 Å². The second kappa shape index (κ2) is 5.46. The minimum atomic E-state index is -3.59. The number of sulfone groups is 1. The molecule has 0 aromatic heterocycles. The molecule has 0 heterocycles. The zero-order chi connectivity index (χ0) is 13.9. The van der Waals surface area contributed by atoms with Crippen LogP contribution in [0, 0.1) is 0 Å². The van der Waals surface area contributed by atoms with E-state index in [4.69, 9.17) is 0 Å². The molecule has 0 aromatic rings. The van der Waals surface area contributed by atoms with Crippen LogP contribution >= 0.6 is 0 Å². The molecule has 8 heteroatoms. The van der Waals surface area contributed by atoms with Gasteiger partial charge in [-0.3, -0.25) is 4.79 Å². The molecular weight excluding hydrogens is 250 g/mol. The van der Waals surface area contributed by atoms with Gasteiger partial charge in [0.2, 0.25) is 5.91 Å². The lowest BCUT2D eigenvalue weighted by atomic mass is 10.2. The first kappa shape index (κ1) is 15.9. The van der Waals surface area contributed by atoms with Crippen molar-refractivity contribution in [2.24, 2.45) is 0 Å². The normalized spacial score (nSPS) is 13.9. The van der Waals surface area contributed by atoms with Gasteiger partial charge in [-0.1, -0.05) is 0 Å². The third kappa shape index (κ3) is 3.97. The van der Waals surface area contributed by atoms with Crippen molar-refractivity contribution in [3.63, 3.8) is 0 Å². The third-order valence-corrected chi connectivity index (χ3v) is 4.44. The van der Waals surface area contributed by atoms with Crippen molar-refractivity contribution < 1.29 is 27.9 Å². The lowest BCUT2D eigenvalue weighted by Crippen LogP contribution is -2.50. The number of nitrogens with one attached hydrogen (secondary N) is 1. The molecular formula is C9H17NO6S. The lowest BCUT2D eigenvalue weighted by molar-refractivity contribution is -0.150. The Kier molecular flexibility index (Phi) is 5.09. The molecule has 1 atom stereocenters. The first-order chi connectivity index (χ1) is 7.54. The standard InChI is InChI=1S/C9H17NO6S/c1-9(2,17(4,14)15)8(13)10-5-6(11)7(12)16-3/h6,11H,5H2,1-4H3,(H,10,13). The van der Waals surface area contributed by atoms with E-state index in [1.54, 1.807) is 0 Å². The van der Waals surface area contributed by atoms with Crippen molar-refractivity contribution in [3.8, 4) is 0 Å². The molecule has 1 unspecified atom stereocenters. The fraction of sp³-hybridized carbons (Fsp3) is 0.778. The first-order valence-corrected chi connectivity index (χ1v) is 6.67. The van der Waals surface area contributed by atoms with Crippen LogP contribution in [0.4, 0.5) is 0 Å². The number of methoxy groups -OCH3 is 1. The highest BCUT2D eigenvalue weighted by Gasteiger charge is 2.38. The summed E-state index contributed by atoms with van der Waals surface area (Å²) in [5.41, 5.74) is 0. The van der Waals surface area contributed by atoms with E-state index >= 15 is 0 Å². The van der Waals surface area contributed by atoms with Crippen molar-refractivity contribution in [3.05, 3.63) is 0 Å². The molecule has 0 radical (unpaired) electrons. The average Bonchev–Trinajstić information content (AvgIpc) is 2.22. The highest BCUT2D eigenvalue weighted by Crippen LogP contribution is 2.14. The summed E-state index contributed by atoms with van der Waals surface area (Å²) in [7, 11) is -2.49. The number of esters is 1. The van der Waals surface area contributed by atoms with Gasteiger partial charge < -0.3 is 15.2 Å². The number of hydrogen-bond acceptors (Lipinski definition) is 6. The highest BCUT2D eigenvalue weighted by atomic mass is 32.2. The Hall–Kier alpha value is -1.15. The van der Waals surface area contributed by atoms with E-state index in [2.05, 4.69) is 10.1 Å². The molecule has 0 rings (SSSR count). The SMILES string of the molecule is COC(=O)C(O)CNC(=O)C(C)(C)S(C)(=O)=O. The van der Waals surface area contributed by atoms with Crippen molar-refractivity contribution in [2.45, 2.75) is 24.7 Å². The van der Waals surface area contributed by atoms with E-state index in [1.165, 1.54) is 13.8 Å². The van der Waals surface area contributed by atoms with Gasteiger partial charge in [0, 0.05) is 6.26 Å². The van der Waals surface area contributed by atoms with E-state index in [1.807, 2.05) is 0 Å². The Labute approximate surface area is 100 Å². The van der Waals surface area contributed by atoms with Crippen LogP contribution in [-0.2, 0) is 24.2 Å². The molecule has 2 N–H and O–H groups in total. The van der Waals surface area contributed by atoms with Crippen LogP contribution in [0.25, 0.3) is 0 Å². The van der Waals surface area contributed by atoms with Crippen LogP contribution in [0.1, 0.15) is 13.8 Å². The van der Waals surface area contributed by atoms with Crippen LogP contribution in [0.5, 0.6) is 0 Å². The van der Waals surface area contributed by atoms with Crippen LogP contribution in [0.2, 0.25) is 0 Å². The summed E-state index contributed by atoms with van der Waals surface area (Å²) < 4.78 is 25.2. The maximum absolute atomic E-state index is 11.6. The van der Waals surface area contributed by atoms with Gasteiger partial charge >= 0.3 is 5.97 Å². The Morgan fingerprint density at radius 2 is 1.88 bits per heavy atom. The number of aliphatic hydroxyl groups excluding tert-OH is 1. The van der Waals surface area contributed by atoms with Crippen molar-refractivity contribution in [2.75, 3.05) is 19.9 Å². The summed E-state index contributed by atoms with van der Waals surface area (Å²) in [6.07, 6.45) is -0.581. The number of aliphatic hydroxyl groups is 1. The molecule has 1 amide bonds. The zero-order valence-corrected chi connectivity index (χ0v) is 11.0. The molecule has 0 saturated heterocycles. The molecule has 17 heavy (non-hydrogen) atoms. The predicted molar refractivity (Wildman–Crippen MR) is 60.0 cm³/mol. The second-order valence-electron chi connectivity index (χ2n) is 4.03. The fourth-order valence-electron chi connectivity index (χ4n) is 0.790. The van der Waals surface area contributed by atoms with Gasteiger partial charge in [-0.05, 0) is 13.8 Å². The molecule has 100 valence electrons. The van der Waals surface area contributed by atoms with E-state index in [0.717, 1.165) is 13.4 Å². The molecule has 0 saturated carbocycles. The monoisotopic (exact) mass is 267 g/mol. The van der Waals surface area contributed by atoms with Crippen molar-refractivity contribution in [1.29, 1.82) is 0 Å². The number of carbonyl (C=O) groups is 2. The molecule has 0 fully saturated rings. The molecule has 0 aliphatic heterocycles. The topological polar surface area (TPSA) is 110 Å². The smallest absolute Gasteiger partial charge is 0.336 e. The lowest BCUT2D eigenvalue weighted by Gasteiger charge is -2.22. The maximum atomic E-state index is 11.6. The number of carbonyl (C=O) groups excluding carboxylic acids is 2. The minimum absolute atomic E-state index is 0.398. The van der Waals surface area contributed by atoms with Crippen LogP contribution < -0.4 is 5.32 Å². The zero-order valence-electron chi connectivity index (χ0n) is 10.2. The van der Waals surface area contributed by atoms with Gasteiger partial charge in [0.05, 0.1) is 13.7 Å². The summed E-state index contributed by atoms with van der Waals surface area (Å²) in [5.74, 6) is -1.69. The van der Waals surface area contributed by atoms with Crippen molar-refractivity contribution in [1.82, 2.24) is 5.32 Å². The Bertz CT molecular complexity index is 400. The molecule has 0 spiro atoms. The summed E-state index contributed by atoms with van der Waals surface area (Å²) >= 11 is 0. The van der Waals surface area contributed by atoms with Gasteiger partial charge in [0.25, 0.3) is 0 Å². The summed E-state index contributed by atoms with van der Waals surface area (Å²) in [5, 5.41) is 11.4. The van der Waals surface area contributed by atoms with Crippen molar-refractivity contribution >= 4 is 21.7 Å². The van der Waals surface area contributed by atoms with Gasteiger partial charge in [-0.2, -0.15) is 0 Å². The van der Waals surface area contributed by atoms with E-state index in [9.17, 15) is 23.1 Å². The average molecular weight is 267 g/mol. The first-order valence-electron chi connectivity index (χ1n) is 4.78. The fourth-order valence-corrected chi connectivity index (χ4v) is 1.20. The Balaban J connectivity index is 4.54. The van der Waals surface area contributed by atoms with Gasteiger partial charge in [-0.15, -0.1) is 0 Å². The number of rotatable bonds is 5. The quantitative estimate of drug-likeness (QED) is 0.584. The number of hydrogen-bond donors (Lipinski definition) is 2. The molecule has 0 bridgehead atoms. The largest absolute Gasteiger partial charge is 0.467 e. The van der Waals surface area contributed by atoms with Crippen LogP contribution in [-0.4, -0.2) is 56.2 Å². The number of amides is 1. The van der Waals surface area contributed by atoms with Crippen LogP contribution in [0.3, 0.4) is 0 Å². The minimum Gasteiger partial charge on any atom is -0.467 e. The molecule has 7 nitrogen and oxygen atoms in total. The maximum Gasteiger partial charge on any atom is 0.336 e. The second-order valence-corrected chi connectivity index (χ2v) is 6.60. The molecule has 0 aromatic carbocycles. The molecule has 0 aliphatic carbocycles. The Morgan fingerprint density at radius 3 is 2.24 bits per heavy atom. The van der Waals surface area contributed by atoms with E-state index in [0.29, 0.717) is 0 Å². The third-order valence-electron chi connectivity index (χ3n) is 2.40. The van der Waals surface area contributed by atoms with Crippen LogP contribution in [0.15, 0.2) is 0 Å². The summed E-state index contributed by atoms with van der Waals surface area (Å²) in [6, 6.07) is 0. The Morgan fingerprint density at radius 1 is 1.41 bits per heavy atom. The summed E-state index contributed by atoms with van der Waals surface area (Å²) in [4.78, 5) is 22.4.